The Morgan fingerprint density at radius 1 is 1.10 bits per heavy atom. The van der Waals surface area contributed by atoms with Crippen LogP contribution >= 0.6 is 0 Å². The summed E-state index contributed by atoms with van der Waals surface area (Å²) >= 11 is 0. The lowest BCUT2D eigenvalue weighted by molar-refractivity contribution is 0.0935. The third kappa shape index (κ3) is 2.37. The van der Waals surface area contributed by atoms with E-state index in [1.54, 1.807) is 0 Å². The molecular weight excluding hydrogens is 248 g/mol. The van der Waals surface area contributed by atoms with Gasteiger partial charge in [-0.15, -0.1) is 0 Å². The number of carbonyl (C=O) groups is 1. The van der Waals surface area contributed by atoms with Crippen molar-refractivity contribution in [3.8, 4) is 0 Å². The second-order valence-corrected chi connectivity index (χ2v) is 6.30. The second-order valence-electron chi connectivity index (χ2n) is 6.30. The largest absolute Gasteiger partial charge is 0.292 e. The summed E-state index contributed by atoms with van der Waals surface area (Å²) in [6.45, 7) is 12.4. The number of carbonyl (C=O) groups excluding carboxylic acids is 1. The predicted molar refractivity (Wildman–Crippen MR) is 83.4 cm³/mol. The third-order valence-corrected chi connectivity index (χ3v) is 3.63. The Hall–Kier alpha value is -1.64. The van der Waals surface area contributed by atoms with Gasteiger partial charge in [0.15, 0.2) is 5.78 Å². The molecule has 3 heteroatoms. The highest BCUT2D eigenvalue weighted by atomic mass is 16.1. The molecule has 0 N–H and O–H groups in total. The standard InChI is InChI=1S/C17H24N2O/c1-10(2)13-8-7-9-14-15(17(20)11(3)4)18-19(12(5)6)16(13)14/h7-12H,1-6H3. The first-order valence-electron chi connectivity index (χ1n) is 7.40. The van der Waals surface area contributed by atoms with Gasteiger partial charge in [0, 0.05) is 17.3 Å². The highest BCUT2D eigenvalue weighted by molar-refractivity contribution is 6.07. The number of aromatic nitrogens is 2. The fourth-order valence-corrected chi connectivity index (χ4v) is 2.51. The van der Waals surface area contributed by atoms with Gasteiger partial charge in [-0.2, -0.15) is 5.10 Å². The van der Waals surface area contributed by atoms with Crippen molar-refractivity contribution in [1.29, 1.82) is 0 Å². The smallest absolute Gasteiger partial charge is 0.186 e. The van der Waals surface area contributed by atoms with Crippen LogP contribution in [0.5, 0.6) is 0 Å². The summed E-state index contributed by atoms with van der Waals surface area (Å²) in [5.41, 5.74) is 2.99. The minimum absolute atomic E-state index is 0.0311. The van der Waals surface area contributed by atoms with Crippen molar-refractivity contribution in [2.75, 3.05) is 0 Å². The van der Waals surface area contributed by atoms with Crippen LogP contribution in [0.1, 0.15) is 69.6 Å². The molecule has 0 fully saturated rings. The van der Waals surface area contributed by atoms with Crippen LogP contribution in [0.4, 0.5) is 0 Å². The molecule has 0 saturated carbocycles. The Balaban J connectivity index is 2.81. The number of benzene rings is 1. The Morgan fingerprint density at radius 2 is 1.75 bits per heavy atom. The molecule has 2 aromatic rings. The Bertz CT molecular complexity index is 636. The van der Waals surface area contributed by atoms with Crippen molar-refractivity contribution in [2.24, 2.45) is 5.92 Å². The van der Waals surface area contributed by atoms with E-state index < -0.39 is 0 Å². The zero-order valence-electron chi connectivity index (χ0n) is 13.3. The summed E-state index contributed by atoms with van der Waals surface area (Å²) in [5, 5.41) is 5.61. The molecule has 2 rings (SSSR count). The highest BCUT2D eigenvalue weighted by Gasteiger charge is 2.22. The summed E-state index contributed by atoms with van der Waals surface area (Å²) in [7, 11) is 0. The molecule has 0 amide bonds. The number of nitrogens with zero attached hydrogens (tertiary/aromatic N) is 2. The summed E-state index contributed by atoms with van der Waals surface area (Å²) in [6.07, 6.45) is 0. The molecule has 1 heterocycles. The lowest BCUT2D eigenvalue weighted by Crippen LogP contribution is -2.10. The Kier molecular flexibility index (Phi) is 3.98. The third-order valence-electron chi connectivity index (χ3n) is 3.63. The number of fused-ring (bicyclic) bond motifs is 1. The van der Waals surface area contributed by atoms with Crippen LogP contribution in [0.15, 0.2) is 18.2 Å². The van der Waals surface area contributed by atoms with Crippen molar-refractivity contribution in [1.82, 2.24) is 9.78 Å². The number of para-hydroxylation sites is 1. The molecular formula is C17H24N2O. The first kappa shape index (κ1) is 14.8. The van der Waals surface area contributed by atoms with Gasteiger partial charge in [0.1, 0.15) is 5.69 Å². The molecule has 0 bridgehead atoms. The molecule has 0 spiro atoms. The van der Waals surface area contributed by atoms with Gasteiger partial charge in [-0.05, 0) is 25.3 Å². The van der Waals surface area contributed by atoms with Gasteiger partial charge in [0.25, 0.3) is 0 Å². The van der Waals surface area contributed by atoms with E-state index in [1.807, 2.05) is 30.7 Å². The molecule has 0 aliphatic rings. The maximum Gasteiger partial charge on any atom is 0.186 e. The van der Waals surface area contributed by atoms with Gasteiger partial charge in [-0.1, -0.05) is 45.9 Å². The molecule has 1 aromatic carbocycles. The first-order valence-corrected chi connectivity index (χ1v) is 7.40. The zero-order valence-corrected chi connectivity index (χ0v) is 13.3. The summed E-state index contributed by atoms with van der Waals surface area (Å²) < 4.78 is 2.00. The van der Waals surface area contributed by atoms with Gasteiger partial charge in [0.05, 0.1) is 5.52 Å². The molecule has 1 aromatic heterocycles. The summed E-state index contributed by atoms with van der Waals surface area (Å²) in [5.74, 6) is 0.502. The number of hydrogen-bond acceptors (Lipinski definition) is 2. The lowest BCUT2D eigenvalue weighted by atomic mass is 9.97. The summed E-state index contributed by atoms with van der Waals surface area (Å²) in [4.78, 5) is 12.4. The van der Waals surface area contributed by atoms with Gasteiger partial charge in [-0.3, -0.25) is 9.48 Å². The molecule has 108 valence electrons. The van der Waals surface area contributed by atoms with E-state index in [0.29, 0.717) is 11.6 Å². The van der Waals surface area contributed by atoms with Crippen LogP contribution in [-0.2, 0) is 0 Å². The van der Waals surface area contributed by atoms with Crippen LogP contribution in [0.2, 0.25) is 0 Å². The minimum atomic E-state index is -0.0311. The van der Waals surface area contributed by atoms with Gasteiger partial charge in [-0.25, -0.2) is 0 Å². The van der Waals surface area contributed by atoms with Crippen molar-refractivity contribution in [3.63, 3.8) is 0 Å². The predicted octanol–water partition coefficient (Wildman–Crippen LogP) is 4.58. The van der Waals surface area contributed by atoms with Crippen molar-refractivity contribution < 1.29 is 4.79 Å². The molecule has 0 radical (unpaired) electrons. The number of hydrogen-bond donors (Lipinski definition) is 0. The van der Waals surface area contributed by atoms with Gasteiger partial charge in [0.2, 0.25) is 0 Å². The maximum atomic E-state index is 12.4. The SMILES string of the molecule is CC(C)C(=O)c1nn(C(C)C)c2c(C(C)C)cccc12. The van der Waals surface area contributed by atoms with E-state index in [0.717, 1.165) is 10.9 Å². The van der Waals surface area contributed by atoms with Crippen molar-refractivity contribution >= 4 is 16.7 Å². The minimum Gasteiger partial charge on any atom is -0.292 e. The number of Topliss-reactive ketones (excluding diaryl/α,β-unsaturated/α-hetero) is 1. The Labute approximate surface area is 121 Å². The van der Waals surface area contributed by atoms with Crippen LogP contribution in [0.25, 0.3) is 10.9 Å². The normalized spacial score (nSPS) is 12.1. The first-order chi connectivity index (χ1) is 9.34. The van der Waals surface area contributed by atoms with E-state index in [-0.39, 0.29) is 17.7 Å². The van der Waals surface area contributed by atoms with E-state index in [9.17, 15) is 4.79 Å². The highest BCUT2D eigenvalue weighted by Crippen LogP contribution is 2.30. The fraction of sp³-hybridized carbons (Fsp3) is 0.529. The second kappa shape index (κ2) is 5.39. The van der Waals surface area contributed by atoms with Crippen LogP contribution in [0, 0.1) is 5.92 Å². The molecule has 0 aliphatic carbocycles. The summed E-state index contributed by atoms with van der Waals surface area (Å²) in [6, 6.07) is 6.42. The van der Waals surface area contributed by atoms with E-state index in [4.69, 9.17) is 0 Å². The number of rotatable bonds is 4. The quantitative estimate of drug-likeness (QED) is 0.764. The maximum absolute atomic E-state index is 12.4. The molecule has 0 unspecified atom stereocenters. The Morgan fingerprint density at radius 3 is 2.25 bits per heavy atom. The topological polar surface area (TPSA) is 34.9 Å². The monoisotopic (exact) mass is 272 g/mol. The van der Waals surface area contributed by atoms with Crippen LogP contribution in [0.3, 0.4) is 0 Å². The molecule has 3 nitrogen and oxygen atoms in total. The van der Waals surface area contributed by atoms with E-state index in [2.05, 4.69) is 38.9 Å². The van der Waals surface area contributed by atoms with Gasteiger partial charge < -0.3 is 0 Å². The molecule has 0 aliphatic heterocycles. The molecule has 0 saturated heterocycles. The average Bonchev–Trinajstić information content (AvgIpc) is 2.76. The average molecular weight is 272 g/mol. The number of ketones is 1. The fourth-order valence-electron chi connectivity index (χ4n) is 2.51. The van der Waals surface area contributed by atoms with Crippen molar-refractivity contribution in [3.05, 3.63) is 29.5 Å². The zero-order chi connectivity index (χ0) is 15.0. The molecule has 0 atom stereocenters. The van der Waals surface area contributed by atoms with E-state index >= 15 is 0 Å². The van der Waals surface area contributed by atoms with Crippen molar-refractivity contribution in [2.45, 2.75) is 53.5 Å². The van der Waals surface area contributed by atoms with Crippen LogP contribution in [-0.4, -0.2) is 15.6 Å². The van der Waals surface area contributed by atoms with E-state index in [1.165, 1.54) is 5.56 Å². The molecule has 20 heavy (non-hydrogen) atoms. The van der Waals surface area contributed by atoms with Gasteiger partial charge >= 0.3 is 0 Å². The van der Waals surface area contributed by atoms with Crippen LogP contribution < -0.4 is 0 Å². The lowest BCUT2D eigenvalue weighted by Gasteiger charge is -2.13.